The molecule has 0 spiro atoms. The first-order chi connectivity index (χ1) is 20.2. The molecule has 6 nitrogen and oxygen atoms in total. The van der Waals surface area contributed by atoms with Gasteiger partial charge in [-0.1, -0.05) is 48.5 Å². The number of likely N-dealkylation sites (tertiary alicyclic amines) is 1. The monoisotopic (exact) mass is 562 g/mol. The van der Waals surface area contributed by atoms with Gasteiger partial charge in [0.2, 0.25) is 0 Å². The number of aryl methyl sites for hydroxylation is 2. The van der Waals surface area contributed by atoms with Crippen LogP contribution in [-0.4, -0.2) is 41.0 Å². The molecule has 4 heterocycles. The molecule has 7 heteroatoms. The zero-order valence-corrected chi connectivity index (χ0v) is 24.1. The maximum absolute atomic E-state index is 13.9. The number of fused-ring (bicyclic) bond motifs is 1. The minimum Gasteiger partial charge on any atom is -0.497 e. The zero-order valence-electron chi connectivity index (χ0n) is 23.3. The van der Waals surface area contributed by atoms with Crippen LogP contribution >= 0.6 is 11.3 Å². The van der Waals surface area contributed by atoms with Gasteiger partial charge in [0.15, 0.2) is 0 Å². The summed E-state index contributed by atoms with van der Waals surface area (Å²) in [5.74, 6) is 1.41. The van der Waals surface area contributed by atoms with Crippen molar-refractivity contribution in [2.45, 2.75) is 38.1 Å². The molecule has 6 rings (SSSR count). The van der Waals surface area contributed by atoms with Crippen LogP contribution in [0.5, 0.6) is 5.75 Å². The van der Waals surface area contributed by atoms with Gasteiger partial charge in [-0.3, -0.25) is 14.8 Å². The molecule has 1 saturated heterocycles. The molecule has 0 unspecified atom stereocenters. The molecule has 0 bridgehead atoms. The number of rotatable bonds is 9. The van der Waals surface area contributed by atoms with E-state index in [4.69, 9.17) is 9.72 Å². The highest BCUT2D eigenvalue weighted by molar-refractivity contribution is 7.18. The molecule has 1 aliphatic heterocycles. The van der Waals surface area contributed by atoms with Gasteiger partial charge >= 0.3 is 0 Å². The number of aromatic nitrogens is 2. The van der Waals surface area contributed by atoms with E-state index >= 15 is 0 Å². The number of methoxy groups -OCH3 is 1. The molecule has 1 fully saturated rings. The molecular weight excluding hydrogens is 528 g/mol. The summed E-state index contributed by atoms with van der Waals surface area (Å²) in [7, 11) is 1.68. The second kappa shape index (κ2) is 12.5. The lowest BCUT2D eigenvalue weighted by Crippen LogP contribution is -2.38. The van der Waals surface area contributed by atoms with Gasteiger partial charge in [0.05, 0.1) is 28.6 Å². The maximum atomic E-state index is 13.9. The topological polar surface area (TPSA) is 67.3 Å². The Bertz CT molecular complexity index is 1600. The van der Waals surface area contributed by atoms with E-state index in [2.05, 4.69) is 58.1 Å². The van der Waals surface area contributed by atoms with Crippen LogP contribution < -0.4 is 10.1 Å². The highest BCUT2D eigenvalue weighted by Crippen LogP contribution is 2.36. The van der Waals surface area contributed by atoms with E-state index in [-0.39, 0.29) is 5.91 Å². The number of piperidine rings is 1. The fraction of sp³-hybridized carbons (Fsp3) is 0.265. The summed E-state index contributed by atoms with van der Waals surface area (Å²) in [4.78, 5) is 25.0. The number of nitrogens with zero attached hydrogens (tertiary/aromatic N) is 3. The molecule has 1 aliphatic rings. The highest BCUT2D eigenvalue weighted by atomic mass is 32.1. The number of hydrogen-bond acceptors (Lipinski definition) is 6. The first kappa shape index (κ1) is 27.0. The van der Waals surface area contributed by atoms with Crippen molar-refractivity contribution in [3.63, 3.8) is 0 Å². The average molecular weight is 563 g/mol. The van der Waals surface area contributed by atoms with Crippen molar-refractivity contribution >= 4 is 33.1 Å². The summed E-state index contributed by atoms with van der Waals surface area (Å²) in [5.41, 5.74) is 7.37. The van der Waals surface area contributed by atoms with Crippen molar-refractivity contribution in [1.82, 2.24) is 14.9 Å². The molecule has 5 aromatic rings. The molecule has 1 amide bonds. The Morgan fingerprint density at radius 1 is 0.976 bits per heavy atom. The van der Waals surface area contributed by atoms with Crippen LogP contribution in [0, 0.1) is 0 Å². The van der Waals surface area contributed by atoms with E-state index in [1.54, 1.807) is 30.8 Å². The van der Waals surface area contributed by atoms with Crippen molar-refractivity contribution < 1.29 is 9.53 Å². The average Bonchev–Trinajstić information content (AvgIpc) is 3.47. The number of amides is 1. The minimum atomic E-state index is 0.0489. The van der Waals surface area contributed by atoms with Crippen LogP contribution in [0.1, 0.15) is 51.4 Å². The number of anilines is 1. The first-order valence-electron chi connectivity index (χ1n) is 14.2. The molecular formula is C34H34N4O2S. The maximum Gasteiger partial charge on any atom is 0.257 e. The van der Waals surface area contributed by atoms with Crippen LogP contribution in [0.4, 0.5) is 5.69 Å². The Kier molecular flexibility index (Phi) is 8.23. The van der Waals surface area contributed by atoms with Crippen LogP contribution in [0.15, 0.2) is 90.7 Å². The predicted octanol–water partition coefficient (Wildman–Crippen LogP) is 7.12. The van der Waals surface area contributed by atoms with Gasteiger partial charge in [-0.05, 0) is 77.4 Å². The highest BCUT2D eigenvalue weighted by Gasteiger charge is 2.27. The Balaban J connectivity index is 1.24. The fourth-order valence-corrected chi connectivity index (χ4v) is 6.70. The smallest absolute Gasteiger partial charge is 0.257 e. The SMILES string of the molecule is COc1ccc(CCc2csc3c(NCc4cccnc4)c(C(=O)N4CCC(c5ccccc5)CC4)cnc23)cc1. The number of pyridine rings is 2. The normalized spacial score (nSPS) is 13.8. The van der Waals surface area contributed by atoms with Crippen molar-refractivity contribution in [2.75, 3.05) is 25.5 Å². The predicted molar refractivity (Wildman–Crippen MR) is 166 cm³/mol. The van der Waals surface area contributed by atoms with Crippen molar-refractivity contribution in [3.05, 3.63) is 119 Å². The van der Waals surface area contributed by atoms with Gasteiger partial charge in [0.25, 0.3) is 5.91 Å². The number of benzene rings is 2. The van der Waals surface area contributed by atoms with Crippen LogP contribution in [0.2, 0.25) is 0 Å². The van der Waals surface area contributed by atoms with Gasteiger partial charge in [0.1, 0.15) is 5.75 Å². The molecule has 3 aromatic heterocycles. The van der Waals surface area contributed by atoms with Crippen molar-refractivity contribution in [2.24, 2.45) is 0 Å². The van der Waals surface area contributed by atoms with Gasteiger partial charge in [-0.15, -0.1) is 11.3 Å². The van der Waals surface area contributed by atoms with Crippen LogP contribution in [0.25, 0.3) is 10.2 Å². The lowest BCUT2D eigenvalue weighted by Gasteiger charge is -2.32. The molecule has 41 heavy (non-hydrogen) atoms. The quantitative estimate of drug-likeness (QED) is 0.207. The van der Waals surface area contributed by atoms with E-state index in [1.165, 1.54) is 16.7 Å². The third kappa shape index (κ3) is 6.10. The Morgan fingerprint density at radius 2 is 1.78 bits per heavy atom. The Labute approximate surface area is 245 Å². The summed E-state index contributed by atoms with van der Waals surface area (Å²) in [6.45, 7) is 2.08. The molecule has 208 valence electrons. The largest absolute Gasteiger partial charge is 0.497 e. The Morgan fingerprint density at radius 3 is 2.51 bits per heavy atom. The standard InChI is InChI=1S/C34H34N4O2S/c1-40-29-13-10-24(11-14-29)9-12-28-23-41-33-31(28)37-22-30(32(33)36-21-25-6-5-17-35-20-25)34(39)38-18-15-27(16-19-38)26-7-3-2-4-8-26/h2-8,10-11,13-14,17,20,22-23,27H,9,12,15-16,18-19,21H2,1H3,(H,36,37). The third-order valence-corrected chi connectivity index (χ3v) is 9.01. The van der Waals surface area contributed by atoms with Crippen molar-refractivity contribution in [1.29, 1.82) is 0 Å². The second-order valence-corrected chi connectivity index (χ2v) is 11.4. The molecule has 2 aromatic carbocycles. The molecule has 0 saturated carbocycles. The first-order valence-corrected chi connectivity index (χ1v) is 15.1. The molecule has 0 radical (unpaired) electrons. The van der Waals surface area contributed by atoms with E-state index in [0.29, 0.717) is 18.0 Å². The lowest BCUT2D eigenvalue weighted by molar-refractivity contribution is 0.0713. The lowest BCUT2D eigenvalue weighted by atomic mass is 9.89. The molecule has 0 aliphatic carbocycles. The number of thiophene rings is 1. The minimum absolute atomic E-state index is 0.0489. The Hall–Kier alpha value is -4.23. The third-order valence-electron chi connectivity index (χ3n) is 7.98. The fourth-order valence-electron chi connectivity index (χ4n) is 5.61. The van der Waals surface area contributed by atoms with Gasteiger partial charge < -0.3 is 15.0 Å². The zero-order chi connectivity index (χ0) is 28.0. The summed E-state index contributed by atoms with van der Waals surface area (Å²) in [6.07, 6.45) is 9.14. The number of hydrogen-bond donors (Lipinski definition) is 1. The van der Waals surface area contributed by atoms with E-state index < -0.39 is 0 Å². The van der Waals surface area contributed by atoms with E-state index in [9.17, 15) is 4.79 Å². The number of carbonyl (C=O) groups is 1. The van der Waals surface area contributed by atoms with Crippen LogP contribution in [-0.2, 0) is 19.4 Å². The second-order valence-electron chi connectivity index (χ2n) is 10.5. The van der Waals surface area contributed by atoms with Gasteiger partial charge in [-0.25, -0.2) is 0 Å². The number of nitrogens with one attached hydrogen (secondary N) is 1. The summed E-state index contributed by atoms with van der Waals surface area (Å²) >= 11 is 1.66. The van der Waals surface area contributed by atoms with E-state index in [0.717, 1.165) is 66.0 Å². The summed E-state index contributed by atoms with van der Waals surface area (Å²) in [6, 6.07) is 22.8. The molecule has 0 atom stereocenters. The number of carbonyl (C=O) groups excluding carboxylic acids is 1. The molecule has 1 N–H and O–H groups in total. The van der Waals surface area contributed by atoms with Gasteiger partial charge in [-0.2, -0.15) is 0 Å². The van der Waals surface area contributed by atoms with E-state index in [1.807, 2.05) is 35.4 Å². The van der Waals surface area contributed by atoms with Gasteiger partial charge in [0, 0.05) is 38.2 Å². The number of ether oxygens (including phenoxy) is 1. The summed E-state index contributed by atoms with van der Waals surface area (Å²) < 4.78 is 6.33. The van der Waals surface area contributed by atoms with Crippen molar-refractivity contribution in [3.8, 4) is 5.75 Å². The summed E-state index contributed by atoms with van der Waals surface area (Å²) in [5, 5.41) is 5.79. The van der Waals surface area contributed by atoms with Crippen LogP contribution in [0.3, 0.4) is 0 Å².